The summed E-state index contributed by atoms with van der Waals surface area (Å²) >= 11 is 11.7. The highest BCUT2D eigenvalue weighted by atomic mass is 79.9. The molecule has 1 saturated heterocycles. The van der Waals surface area contributed by atoms with Gasteiger partial charge in [-0.1, -0.05) is 15.9 Å². The van der Waals surface area contributed by atoms with E-state index in [0.717, 1.165) is 26.9 Å². The molecule has 1 N–H and O–H groups in total. The van der Waals surface area contributed by atoms with E-state index in [9.17, 15) is 4.79 Å². The van der Waals surface area contributed by atoms with Crippen molar-refractivity contribution < 1.29 is 9.53 Å². The fourth-order valence-electron chi connectivity index (χ4n) is 2.64. The zero-order chi connectivity index (χ0) is 21.1. The maximum Gasteiger partial charge on any atom is 0.264 e. The molecule has 1 fully saturated rings. The van der Waals surface area contributed by atoms with Crippen molar-refractivity contribution in [3.8, 4) is 11.8 Å². The number of nitriles is 1. The minimum atomic E-state index is -0.198. The topological polar surface area (TPSA) is 74.5 Å². The first kappa shape index (κ1) is 22.1. The lowest BCUT2D eigenvalue weighted by Gasteiger charge is -2.08. The molecule has 0 bridgehead atoms. The number of nitrogens with zero attached hydrogens (tertiary/aromatic N) is 2. The molecule has 1 heterocycles. The zero-order valence-electron chi connectivity index (χ0n) is 15.3. The first-order valence-corrected chi connectivity index (χ1v) is 11.5. The van der Waals surface area contributed by atoms with Gasteiger partial charge in [0.2, 0.25) is 0 Å². The van der Waals surface area contributed by atoms with Gasteiger partial charge in [-0.25, -0.2) is 4.99 Å². The predicted octanol–water partition coefficient (Wildman–Crippen LogP) is 6.38. The molecule has 1 aliphatic rings. The standard InChI is InChI=1S/C20H14Br3N3O2S/c1-10-5-13(6-11(2)17(10)23)25-20-26-19(27)16(29-20)9-12-7-14(21)18(15(22)8-12)28-4-3-24/h5-9H,4H2,1-2H3,(H,25,26,27)/b16-9-. The van der Waals surface area contributed by atoms with E-state index in [-0.39, 0.29) is 12.5 Å². The Morgan fingerprint density at radius 1 is 1.17 bits per heavy atom. The number of ether oxygens (including phenoxy) is 1. The lowest BCUT2D eigenvalue weighted by atomic mass is 10.1. The van der Waals surface area contributed by atoms with E-state index in [2.05, 4.69) is 58.1 Å². The molecule has 148 valence electrons. The molecule has 0 radical (unpaired) electrons. The summed E-state index contributed by atoms with van der Waals surface area (Å²) in [6, 6.07) is 9.52. The van der Waals surface area contributed by atoms with Crippen LogP contribution >= 0.6 is 59.6 Å². The number of hydrogen-bond acceptors (Lipinski definition) is 5. The third-order valence-electron chi connectivity index (χ3n) is 3.90. The largest absolute Gasteiger partial charge is 0.476 e. The van der Waals surface area contributed by atoms with E-state index in [1.165, 1.54) is 11.8 Å². The summed E-state index contributed by atoms with van der Waals surface area (Å²) in [5.74, 6) is 0.344. The molecule has 29 heavy (non-hydrogen) atoms. The highest BCUT2D eigenvalue weighted by Crippen LogP contribution is 2.37. The van der Waals surface area contributed by atoms with Gasteiger partial charge in [-0.2, -0.15) is 5.26 Å². The Morgan fingerprint density at radius 3 is 2.38 bits per heavy atom. The SMILES string of the molecule is Cc1cc(N=C2NC(=O)/C(=C/c3cc(Br)c(OCC#N)c(Br)c3)S2)cc(C)c1Br. The van der Waals surface area contributed by atoms with Crippen LogP contribution < -0.4 is 10.1 Å². The van der Waals surface area contributed by atoms with Crippen LogP contribution in [0, 0.1) is 25.2 Å². The van der Waals surface area contributed by atoms with Crippen molar-refractivity contribution in [2.24, 2.45) is 4.99 Å². The second-order valence-electron chi connectivity index (χ2n) is 6.14. The van der Waals surface area contributed by atoms with Gasteiger partial charge in [0, 0.05) is 4.47 Å². The van der Waals surface area contributed by atoms with E-state index >= 15 is 0 Å². The van der Waals surface area contributed by atoms with E-state index in [1.54, 1.807) is 6.08 Å². The number of benzene rings is 2. The van der Waals surface area contributed by atoms with E-state index < -0.39 is 0 Å². The van der Waals surface area contributed by atoms with Crippen molar-refractivity contribution in [1.29, 1.82) is 5.26 Å². The zero-order valence-corrected chi connectivity index (χ0v) is 20.9. The maximum atomic E-state index is 12.4. The number of hydrogen-bond donors (Lipinski definition) is 1. The number of aliphatic imine (C=N–C) groups is 1. The molecule has 0 aliphatic carbocycles. The number of nitrogens with one attached hydrogen (secondary N) is 1. The number of rotatable bonds is 4. The molecule has 0 spiro atoms. The van der Waals surface area contributed by atoms with Crippen LogP contribution in [0.15, 0.2) is 47.6 Å². The molecule has 0 unspecified atom stereocenters. The number of halogens is 3. The van der Waals surface area contributed by atoms with Gasteiger partial charge < -0.3 is 10.1 Å². The normalized spacial score (nSPS) is 16.2. The molecular formula is C20H14Br3N3O2S. The lowest BCUT2D eigenvalue weighted by molar-refractivity contribution is -0.115. The van der Waals surface area contributed by atoms with Crippen LogP contribution in [0.25, 0.3) is 6.08 Å². The number of amides is 1. The van der Waals surface area contributed by atoms with Gasteiger partial charge in [-0.3, -0.25) is 4.79 Å². The highest BCUT2D eigenvalue weighted by Gasteiger charge is 2.24. The summed E-state index contributed by atoms with van der Waals surface area (Å²) in [5.41, 5.74) is 3.77. The van der Waals surface area contributed by atoms with Crippen LogP contribution in [0.2, 0.25) is 0 Å². The van der Waals surface area contributed by atoms with Crippen LogP contribution in [0.3, 0.4) is 0 Å². The van der Waals surface area contributed by atoms with Crippen LogP contribution in [-0.2, 0) is 4.79 Å². The van der Waals surface area contributed by atoms with Gasteiger partial charge >= 0.3 is 0 Å². The van der Waals surface area contributed by atoms with E-state index in [0.29, 0.717) is 24.8 Å². The Bertz CT molecular complexity index is 1060. The fraction of sp³-hybridized carbons (Fsp3) is 0.150. The monoisotopic (exact) mass is 597 g/mol. The van der Waals surface area contributed by atoms with Crippen LogP contribution in [0.4, 0.5) is 5.69 Å². The second kappa shape index (κ2) is 9.47. The van der Waals surface area contributed by atoms with E-state index in [1.807, 2.05) is 44.2 Å². The number of carbonyl (C=O) groups excluding carboxylic acids is 1. The van der Waals surface area contributed by atoms with Crippen molar-refractivity contribution in [3.63, 3.8) is 0 Å². The molecule has 5 nitrogen and oxygen atoms in total. The molecule has 1 aliphatic heterocycles. The minimum Gasteiger partial charge on any atom is -0.476 e. The third-order valence-corrected chi connectivity index (χ3v) is 7.24. The van der Waals surface area contributed by atoms with E-state index in [4.69, 9.17) is 10.00 Å². The Labute approximate surface area is 198 Å². The average molecular weight is 600 g/mol. The number of thioether (sulfide) groups is 1. The number of amidine groups is 1. The Kier molecular flexibility index (Phi) is 7.22. The molecule has 9 heteroatoms. The van der Waals surface area contributed by atoms with Crippen LogP contribution in [-0.4, -0.2) is 17.7 Å². The minimum absolute atomic E-state index is 0.0509. The Hall–Kier alpha value is -1.60. The van der Waals surface area contributed by atoms with Crippen molar-refractivity contribution in [3.05, 3.63) is 59.3 Å². The molecule has 2 aromatic carbocycles. The quantitative estimate of drug-likeness (QED) is 0.414. The summed E-state index contributed by atoms with van der Waals surface area (Å²) in [4.78, 5) is 17.5. The van der Waals surface area contributed by atoms with Crippen molar-refractivity contribution >= 4 is 82.4 Å². The predicted molar refractivity (Wildman–Crippen MR) is 127 cm³/mol. The first-order chi connectivity index (χ1) is 13.8. The Morgan fingerprint density at radius 2 is 1.79 bits per heavy atom. The summed E-state index contributed by atoms with van der Waals surface area (Å²) < 4.78 is 7.82. The molecular weight excluding hydrogens is 586 g/mol. The lowest BCUT2D eigenvalue weighted by Crippen LogP contribution is -2.19. The van der Waals surface area contributed by atoms with Gasteiger partial charge in [0.25, 0.3) is 5.91 Å². The van der Waals surface area contributed by atoms with Crippen molar-refractivity contribution in [2.75, 3.05) is 6.61 Å². The van der Waals surface area contributed by atoms with Gasteiger partial charge in [-0.15, -0.1) is 0 Å². The molecule has 1 amide bonds. The molecule has 0 saturated carbocycles. The Balaban J connectivity index is 1.85. The first-order valence-electron chi connectivity index (χ1n) is 8.33. The maximum absolute atomic E-state index is 12.4. The summed E-state index contributed by atoms with van der Waals surface area (Å²) in [7, 11) is 0. The number of carbonyl (C=O) groups is 1. The van der Waals surface area contributed by atoms with Gasteiger partial charge in [0.05, 0.1) is 19.5 Å². The summed E-state index contributed by atoms with van der Waals surface area (Å²) in [6.07, 6.45) is 1.78. The van der Waals surface area contributed by atoms with Crippen molar-refractivity contribution in [1.82, 2.24) is 5.32 Å². The molecule has 2 aromatic rings. The van der Waals surface area contributed by atoms with Gasteiger partial charge in [0.15, 0.2) is 11.8 Å². The van der Waals surface area contributed by atoms with Gasteiger partial charge in [0.1, 0.15) is 11.8 Å². The average Bonchev–Trinajstić information content (AvgIpc) is 2.98. The van der Waals surface area contributed by atoms with Crippen LogP contribution in [0.5, 0.6) is 5.75 Å². The van der Waals surface area contributed by atoms with Gasteiger partial charge in [-0.05, 0) is 105 Å². The van der Waals surface area contributed by atoms with Crippen LogP contribution in [0.1, 0.15) is 16.7 Å². The summed E-state index contributed by atoms with van der Waals surface area (Å²) in [5, 5.41) is 12.0. The molecule has 0 atom stereocenters. The number of aryl methyl sites for hydroxylation is 2. The molecule has 3 rings (SSSR count). The fourth-order valence-corrected chi connectivity index (χ4v) is 5.16. The second-order valence-corrected chi connectivity index (χ2v) is 9.67. The van der Waals surface area contributed by atoms with Crippen molar-refractivity contribution in [2.45, 2.75) is 13.8 Å². The molecule has 0 aromatic heterocycles. The smallest absolute Gasteiger partial charge is 0.264 e. The third kappa shape index (κ3) is 5.31. The summed E-state index contributed by atoms with van der Waals surface area (Å²) in [6.45, 7) is 3.96. The highest BCUT2D eigenvalue weighted by molar-refractivity contribution is 9.11.